The predicted octanol–water partition coefficient (Wildman–Crippen LogP) is 1.99. The zero-order chi connectivity index (χ0) is 22.0. The topological polar surface area (TPSA) is 76.7 Å². The third kappa shape index (κ3) is 3.04. The summed E-state index contributed by atoms with van der Waals surface area (Å²) in [6, 6.07) is 9.69. The fourth-order valence-electron chi connectivity index (χ4n) is 5.86. The quantitative estimate of drug-likeness (QED) is 0.481. The van der Waals surface area contributed by atoms with Crippen molar-refractivity contribution in [3.05, 3.63) is 51.8 Å². The van der Waals surface area contributed by atoms with E-state index in [-0.39, 0.29) is 5.56 Å². The van der Waals surface area contributed by atoms with E-state index in [2.05, 4.69) is 21.8 Å². The van der Waals surface area contributed by atoms with Crippen molar-refractivity contribution in [2.75, 3.05) is 46.3 Å². The van der Waals surface area contributed by atoms with Crippen molar-refractivity contribution < 1.29 is 8.42 Å². The molecule has 0 radical (unpaired) electrons. The Labute approximate surface area is 187 Å². The van der Waals surface area contributed by atoms with Gasteiger partial charge in [0, 0.05) is 60.3 Å². The summed E-state index contributed by atoms with van der Waals surface area (Å²) in [6.45, 7) is 4.85. The van der Waals surface area contributed by atoms with E-state index in [0.29, 0.717) is 41.4 Å². The number of H-pyrrole nitrogens is 1. The standard InChI is InChI=1S/C24H28N4O3S/c1-26-9-7-17(8-10-26)27-11-13-28(14-12-27)32(30,31)21-6-5-20-23-19(21)15-16-3-2-4-18(22(16)23)24(29)25-20/h2-6,17H,7-15H2,1H3,(H,25,29). The molecule has 2 aliphatic heterocycles. The van der Waals surface area contributed by atoms with Gasteiger partial charge in [-0.05, 0) is 62.3 Å². The number of aromatic nitrogens is 1. The number of aromatic amines is 1. The zero-order valence-electron chi connectivity index (χ0n) is 18.3. The maximum Gasteiger partial charge on any atom is 0.256 e. The maximum absolute atomic E-state index is 13.7. The second-order valence-corrected chi connectivity index (χ2v) is 11.3. The van der Waals surface area contributed by atoms with Gasteiger partial charge in [0.25, 0.3) is 5.56 Å². The van der Waals surface area contributed by atoms with E-state index in [1.165, 1.54) is 0 Å². The van der Waals surface area contributed by atoms with Crippen LogP contribution in [0.5, 0.6) is 0 Å². The average Bonchev–Trinajstić information content (AvgIpc) is 3.19. The van der Waals surface area contributed by atoms with Crippen molar-refractivity contribution >= 4 is 31.7 Å². The molecule has 168 valence electrons. The molecule has 1 aliphatic carbocycles. The number of pyridine rings is 1. The minimum absolute atomic E-state index is 0.122. The molecule has 8 heteroatoms. The summed E-state index contributed by atoms with van der Waals surface area (Å²) in [7, 11) is -1.44. The maximum atomic E-state index is 13.7. The van der Waals surface area contributed by atoms with Gasteiger partial charge in [0.05, 0.1) is 4.90 Å². The molecule has 6 rings (SSSR count). The van der Waals surface area contributed by atoms with Crippen LogP contribution in [0, 0.1) is 0 Å². The van der Waals surface area contributed by atoms with Crippen molar-refractivity contribution in [1.82, 2.24) is 19.1 Å². The smallest absolute Gasteiger partial charge is 0.256 e. The van der Waals surface area contributed by atoms with Crippen LogP contribution < -0.4 is 5.56 Å². The summed E-state index contributed by atoms with van der Waals surface area (Å²) in [5, 5.41) is 2.43. The molecule has 0 spiro atoms. The SMILES string of the molecule is CN1CCC(N2CCN(S(=O)(=O)c3ccc4[nH]c(=O)c5cccc6c5c4c3C6)CC2)CC1. The molecule has 0 unspecified atom stereocenters. The molecule has 2 aromatic carbocycles. The first-order valence-electron chi connectivity index (χ1n) is 11.5. The van der Waals surface area contributed by atoms with Gasteiger partial charge in [-0.3, -0.25) is 9.69 Å². The molecule has 0 atom stereocenters. The van der Waals surface area contributed by atoms with E-state index in [9.17, 15) is 13.2 Å². The van der Waals surface area contributed by atoms with E-state index >= 15 is 0 Å². The zero-order valence-corrected chi connectivity index (χ0v) is 19.1. The van der Waals surface area contributed by atoms with Crippen LogP contribution in [-0.2, 0) is 16.4 Å². The summed E-state index contributed by atoms with van der Waals surface area (Å²) in [5.74, 6) is 0. The lowest BCUT2D eigenvalue weighted by Gasteiger charge is -2.41. The lowest BCUT2D eigenvalue weighted by molar-refractivity contribution is 0.0892. The van der Waals surface area contributed by atoms with E-state index in [1.54, 1.807) is 16.4 Å². The molecule has 3 aliphatic rings. The van der Waals surface area contributed by atoms with Gasteiger partial charge in [-0.15, -0.1) is 0 Å². The van der Waals surface area contributed by atoms with Gasteiger partial charge in [0.15, 0.2) is 0 Å². The second kappa shape index (κ2) is 7.38. The van der Waals surface area contributed by atoms with E-state index in [4.69, 9.17) is 0 Å². The van der Waals surface area contributed by atoms with Crippen LogP contribution in [0.15, 0.2) is 40.0 Å². The Balaban J connectivity index is 1.32. The molecule has 2 saturated heterocycles. The van der Waals surface area contributed by atoms with Crippen molar-refractivity contribution in [3.63, 3.8) is 0 Å². The highest BCUT2D eigenvalue weighted by molar-refractivity contribution is 7.89. The number of rotatable bonds is 3. The van der Waals surface area contributed by atoms with Crippen LogP contribution in [0.4, 0.5) is 0 Å². The first kappa shape index (κ1) is 20.4. The fourth-order valence-corrected chi connectivity index (χ4v) is 7.50. The van der Waals surface area contributed by atoms with Gasteiger partial charge in [-0.1, -0.05) is 12.1 Å². The van der Waals surface area contributed by atoms with Crippen LogP contribution in [0.25, 0.3) is 21.7 Å². The second-order valence-electron chi connectivity index (χ2n) is 9.41. The summed E-state index contributed by atoms with van der Waals surface area (Å²) in [4.78, 5) is 20.7. The highest BCUT2D eigenvalue weighted by Crippen LogP contribution is 2.40. The van der Waals surface area contributed by atoms with Crippen LogP contribution in [-0.4, -0.2) is 79.9 Å². The first-order valence-corrected chi connectivity index (χ1v) is 12.9. The summed E-state index contributed by atoms with van der Waals surface area (Å²) in [6.07, 6.45) is 2.86. The van der Waals surface area contributed by atoms with Crippen molar-refractivity contribution in [3.8, 4) is 0 Å². The summed E-state index contributed by atoms with van der Waals surface area (Å²) < 4.78 is 29.1. The minimum atomic E-state index is -3.60. The van der Waals surface area contributed by atoms with Gasteiger partial charge in [0.1, 0.15) is 0 Å². The largest absolute Gasteiger partial charge is 0.321 e. The average molecular weight is 453 g/mol. The third-order valence-electron chi connectivity index (χ3n) is 7.63. The number of hydrogen-bond acceptors (Lipinski definition) is 5. The molecule has 32 heavy (non-hydrogen) atoms. The Morgan fingerprint density at radius 2 is 1.69 bits per heavy atom. The van der Waals surface area contributed by atoms with Crippen molar-refractivity contribution in [2.45, 2.75) is 30.2 Å². The van der Waals surface area contributed by atoms with Gasteiger partial charge >= 0.3 is 0 Å². The van der Waals surface area contributed by atoms with Gasteiger partial charge < -0.3 is 9.88 Å². The Hall–Kier alpha value is -2.26. The Morgan fingerprint density at radius 3 is 2.44 bits per heavy atom. The van der Waals surface area contributed by atoms with Crippen LogP contribution >= 0.6 is 0 Å². The molecule has 3 aromatic rings. The van der Waals surface area contributed by atoms with Gasteiger partial charge in [0.2, 0.25) is 10.0 Å². The molecule has 1 N–H and O–H groups in total. The molecule has 0 saturated carbocycles. The number of piperazine rings is 1. The molecule has 1 aromatic heterocycles. The molecule has 7 nitrogen and oxygen atoms in total. The van der Waals surface area contributed by atoms with E-state index in [0.717, 1.165) is 60.9 Å². The van der Waals surface area contributed by atoms with Crippen molar-refractivity contribution in [2.24, 2.45) is 0 Å². The minimum Gasteiger partial charge on any atom is -0.321 e. The molecular formula is C24H28N4O3S. The number of piperidine rings is 1. The van der Waals surface area contributed by atoms with Gasteiger partial charge in [-0.25, -0.2) is 8.42 Å². The highest BCUT2D eigenvalue weighted by Gasteiger charge is 2.35. The highest BCUT2D eigenvalue weighted by atomic mass is 32.2. The number of nitrogens with one attached hydrogen (secondary N) is 1. The van der Waals surface area contributed by atoms with E-state index in [1.807, 2.05) is 18.2 Å². The van der Waals surface area contributed by atoms with E-state index < -0.39 is 10.0 Å². The van der Waals surface area contributed by atoms with Crippen molar-refractivity contribution in [1.29, 1.82) is 0 Å². The molecule has 0 amide bonds. The Bertz CT molecular complexity index is 1380. The lowest BCUT2D eigenvalue weighted by atomic mass is 10.0. The Kier molecular flexibility index (Phi) is 4.69. The monoisotopic (exact) mass is 452 g/mol. The number of benzene rings is 2. The molecule has 2 fully saturated rings. The number of nitrogens with zero attached hydrogens (tertiary/aromatic N) is 3. The summed E-state index contributed by atoms with van der Waals surface area (Å²) in [5.41, 5.74) is 2.45. The molecule has 0 bridgehead atoms. The normalized spacial score (nSPS) is 21.3. The van der Waals surface area contributed by atoms with Gasteiger partial charge in [-0.2, -0.15) is 4.31 Å². The lowest BCUT2D eigenvalue weighted by Crippen LogP contribution is -2.54. The third-order valence-corrected chi connectivity index (χ3v) is 9.61. The number of sulfonamides is 1. The summed E-state index contributed by atoms with van der Waals surface area (Å²) >= 11 is 0. The van der Waals surface area contributed by atoms with Crippen LogP contribution in [0.2, 0.25) is 0 Å². The number of likely N-dealkylation sites (tertiary alicyclic amines) is 1. The fraction of sp³-hybridized carbons (Fsp3) is 0.458. The number of hydrogen-bond donors (Lipinski definition) is 1. The molecular weight excluding hydrogens is 424 g/mol. The predicted molar refractivity (Wildman–Crippen MR) is 126 cm³/mol. The Morgan fingerprint density at radius 1 is 0.938 bits per heavy atom. The van der Waals surface area contributed by atoms with Crippen LogP contribution in [0.3, 0.4) is 0 Å². The van der Waals surface area contributed by atoms with Crippen LogP contribution in [0.1, 0.15) is 24.0 Å². The first-order chi connectivity index (χ1) is 15.4. The molecule has 3 heterocycles.